The molecule has 12 heteroatoms. The maximum atomic E-state index is 14.7. The van der Waals surface area contributed by atoms with E-state index in [-0.39, 0.29) is 27.5 Å². The van der Waals surface area contributed by atoms with Gasteiger partial charge in [-0.25, -0.2) is 14.2 Å². The quantitative estimate of drug-likeness (QED) is 0.253. The molecule has 0 unspecified atom stereocenters. The van der Waals surface area contributed by atoms with Crippen LogP contribution in [0.15, 0.2) is 59.5 Å². The lowest BCUT2D eigenvalue weighted by molar-refractivity contribution is -0.137. The van der Waals surface area contributed by atoms with E-state index in [1.807, 2.05) is 0 Å². The summed E-state index contributed by atoms with van der Waals surface area (Å²) in [6.07, 6.45) is -3.02. The van der Waals surface area contributed by atoms with Crippen LogP contribution < -0.4 is 21.5 Å². The van der Waals surface area contributed by atoms with Crippen LogP contribution in [0.25, 0.3) is 22.0 Å². The van der Waals surface area contributed by atoms with Crippen molar-refractivity contribution < 1.29 is 22.4 Å². The van der Waals surface area contributed by atoms with Gasteiger partial charge in [-0.2, -0.15) is 13.2 Å². The minimum Gasteiger partial charge on any atom is -0.373 e. The number of hydrogen-bond acceptors (Lipinski definition) is 4. The zero-order valence-corrected chi connectivity index (χ0v) is 20.3. The number of aryl methyl sites for hydroxylation is 1. The lowest BCUT2D eigenvalue weighted by Crippen LogP contribution is -2.22. The average molecular weight is 534 g/mol. The van der Waals surface area contributed by atoms with Crippen molar-refractivity contribution in [3.63, 3.8) is 0 Å². The average Bonchev–Trinajstić information content (AvgIpc) is 2.85. The second-order valence-electron chi connectivity index (χ2n) is 7.96. The largest absolute Gasteiger partial charge is 0.416 e. The predicted molar refractivity (Wildman–Crippen MR) is 136 cm³/mol. The number of fused-ring (bicyclic) bond motifs is 1. The number of carbonyl (C=O) groups excluding carboxylic acids is 1. The van der Waals surface area contributed by atoms with Crippen molar-refractivity contribution in [3.8, 4) is 11.1 Å². The number of amides is 2. The molecule has 0 radical (unpaired) electrons. The van der Waals surface area contributed by atoms with E-state index < -0.39 is 29.1 Å². The summed E-state index contributed by atoms with van der Waals surface area (Å²) in [5.74, 6) is -0.329. The smallest absolute Gasteiger partial charge is 0.373 e. The molecular formula is C25H20ClF4N5O2. The number of anilines is 3. The number of pyridine rings is 2. The third-order valence-electron chi connectivity index (χ3n) is 5.59. The summed E-state index contributed by atoms with van der Waals surface area (Å²) in [7, 11) is 1.70. The van der Waals surface area contributed by atoms with Crippen molar-refractivity contribution in [2.75, 3.05) is 23.0 Å². The summed E-state index contributed by atoms with van der Waals surface area (Å²) < 4.78 is 55.0. The number of carbonyl (C=O) groups is 1. The summed E-state index contributed by atoms with van der Waals surface area (Å²) in [6, 6.07) is 8.44. The Labute approximate surface area is 213 Å². The van der Waals surface area contributed by atoms with Gasteiger partial charge in [-0.3, -0.25) is 4.79 Å². The summed E-state index contributed by atoms with van der Waals surface area (Å²) in [6.45, 7) is 2.13. The third-order valence-corrected chi connectivity index (χ3v) is 5.91. The molecule has 192 valence electrons. The van der Waals surface area contributed by atoms with Crippen LogP contribution >= 0.6 is 11.6 Å². The maximum absolute atomic E-state index is 14.7. The van der Waals surface area contributed by atoms with Crippen molar-refractivity contribution in [1.82, 2.24) is 9.55 Å². The summed E-state index contributed by atoms with van der Waals surface area (Å²) >= 11 is 6.28. The second kappa shape index (κ2) is 10.1. The van der Waals surface area contributed by atoms with Gasteiger partial charge in [0.2, 0.25) is 0 Å². The van der Waals surface area contributed by atoms with Gasteiger partial charge >= 0.3 is 12.2 Å². The Balaban J connectivity index is 1.70. The van der Waals surface area contributed by atoms with Gasteiger partial charge < -0.3 is 20.5 Å². The molecule has 2 aromatic carbocycles. The van der Waals surface area contributed by atoms with Gasteiger partial charge in [-0.15, -0.1) is 0 Å². The topological polar surface area (TPSA) is 88.1 Å². The molecule has 2 aromatic heterocycles. The Bertz CT molecular complexity index is 1570. The lowest BCUT2D eigenvalue weighted by Gasteiger charge is -2.15. The molecule has 2 amide bonds. The summed E-state index contributed by atoms with van der Waals surface area (Å²) in [4.78, 5) is 30.0. The molecule has 2 heterocycles. The van der Waals surface area contributed by atoms with Crippen LogP contribution in [0, 0.1) is 5.82 Å². The van der Waals surface area contributed by atoms with Crippen molar-refractivity contribution in [1.29, 1.82) is 0 Å². The predicted octanol–water partition coefficient (Wildman–Crippen LogP) is 6.58. The lowest BCUT2D eigenvalue weighted by atomic mass is 10.0. The molecule has 37 heavy (non-hydrogen) atoms. The number of aromatic nitrogens is 2. The van der Waals surface area contributed by atoms with Crippen LogP contribution in [0.1, 0.15) is 12.5 Å². The number of urea groups is 1. The monoisotopic (exact) mass is 533 g/mol. The number of rotatable bonds is 5. The fraction of sp³-hybridized carbons (Fsp3) is 0.160. The summed E-state index contributed by atoms with van der Waals surface area (Å²) in [5, 5.41) is 7.98. The molecule has 0 aliphatic carbocycles. The van der Waals surface area contributed by atoms with Crippen LogP contribution in [0.3, 0.4) is 0 Å². The molecule has 7 nitrogen and oxygen atoms in total. The molecule has 4 aromatic rings. The minimum atomic E-state index is -4.60. The Morgan fingerprint density at radius 2 is 1.84 bits per heavy atom. The van der Waals surface area contributed by atoms with Gasteiger partial charge in [0.25, 0.3) is 5.56 Å². The Morgan fingerprint density at radius 1 is 1.08 bits per heavy atom. The molecule has 0 aliphatic rings. The van der Waals surface area contributed by atoms with Crippen molar-refractivity contribution in [2.45, 2.75) is 19.6 Å². The van der Waals surface area contributed by atoms with E-state index >= 15 is 0 Å². The number of benzene rings is 2. The fourth-order valence-electron chi connectivity index (χ4n) is 3.83. The van der Waals surface area contributed by atoms with Crippen LogP contribution in [0.5, 0.6) is 0 Å². The molecule has 0 aliphatic heterocycles. The van der Waals surface area contributed by atoms with Crippen LogP contribution in [0.4, 0.5) is 39.5 Å². The highest BCUT2D eigenvalue weighted by Gasteiger charge is 2.30. The third kappa shape index (κ3) is 5.36. The number of hydrogen-bond donors (Lipinski definition) is 3. The van der Waals surface area contributed by atoms with Gasteiger partial charge in [0.1, 0.15) is 11.6 Å². The first-order valence-electron chi connectivity index (χ1n) is 11.0. The highest BCUT2D eigenvalue weighted by molar-refractivity contribution is 6.33. The van der Waals surface area contributed by atoms with E-state index in [1.54, 1.807) is 32.3 Å². The van der Waals surface area contributed by atoms with Crippen molar-refractivity contribution in [3.05, 3.63) is 81.5 Å². The minimum absolute atomic E-state index is 0.0692. The molecular weight excluding hydrogens is 514 g/mol. The van der Waals surface area contributed by atoms with Gasteiger partial charge in [0, 0.05) is 48.1 Å². The maximum Gasteiger partial charge on any atom is 0.416 e. The second-order valence-corrected chi connectivity index (χ2v) is 8.36. The van der Waals surface area contributed by atoms with Crippen LogP contribution in [-0.2, 0) is 12.7 Å². The zero-order valence-electron chi connectivity index (χ0n) is 19.5. The number of nitrogens with one attached hydrogen (secondary N) is 3. The van der Waals surface area contributed by atoms with Gasteiger partial charge in [-0.05, 0) is 43.3 Å². The van der Waals surface area contributed by atoms with Crippen LogP contribution in [-0.4, -0.2) is 22.6 Å². The number of halogens is 5. The molecule has 3 N–H and O–H groups in total. The van der Waals surface area contributed by atoms with Crippen LogP contribution in [0.2, 0.25) is 5.02 Å². The number of alkyl halides is 3. The van der Waals surface area contributed by atoms with E-state index in [0.29, 0.717) is 23.3 Å². The Morgan fingerprint density at radius 3 is 2.51 bits per heavy atom. The van der Waals surface area contributed by atoms with E-state index in [2.05, 4.69) is 20.9 Å². The Hall–Kier alpha value is -4.12. The van der Waals surface area contributed by atoms with Gasteiger partial charge in [0.15, 0.2) is 0 Å². The zero-order chi connectivity index (χ0) is 26.9. The van der Waals surface area contributed by atoms with E-state index in [4.69, 9.17) is 11.6 Å². The van der Waals surface area contributed by atoms with Crippen molar-refractivity contribution in [2.24, 2.45) is 0 Å². The SMILES string of the molecule is CCn1c(=O)c(-c2cc(NC(=O)Nc3cccc(C(F)(F)F)c3)c(F)cc2Cl)cc2cnc(NC)cc21. The first-order valence-corrected chi connectivity index (χ1v) is 11.4. The number of nitrogens with zero attached hydrogens (tertiary/aromatic N) is 2. The highest BCUT2D eigenvalue weighted by atomic mass is 35.5. The van der Waals surface area contributed by atoms with E-state index in [1.165, 1.54) is 16.7 Å². The fourth-order valence-corrected chi connectivity index (χ4v) is 4.08. The molecule has 0 spiro atoms. The molecule has 0 saturated heterocycles. The van der Waals surface area contributed by atoms with Gasteiger partial charge in [0.05, 0.1) is 21.8 Å². The Kier molecular flexibility index (Phi) is 7.08. The standard InChI is InChI=1S/C25H20ClF4N5O2/c1-3-35-21-11-22(31-2)32-12-13(21)7-17(23(35)36)16-9-20(19(27)10-18(16)26)34-24(37)33-15-6-4-5-14(8-15)25(28,29)30/h4-12H,3H2,1-2H3,(H,31,32)(H2,33,34,37). The van der Waals surface area contributed by atoms with Crippen molar-refractivity contribution >= 4 is 45.7 Å². The highest BCUT2D eigenvalue weighted by Crippen LogP contribution is 2.33. The first-order chi connectivity index (χ1) is 17.5. The first kappa shape index (κ1) is 26.0. The van der Waals surface area contributed by atoms with E-state index in [0.717, 1.165) is 24.3 Å². The molecule has 0 bridgehead atoms. The normalized spacial score (nSPS) is 11.4. The molecule has 0 atom stereocenters. The van der Waals surface area contributed by atoms with E-state index in [9.17, 15) is 27.2 Å². The summed E-state index contributed by atoms with van der Waals surface area (Å²) in [5.41, 5.74) is -0.872. The molecule has 0 fully saturated rings. The van der Waals surface area contributed by atoms with Gasteiger partial charge in [-0.1, -0.05) is 17.7 Å². The molecule has 0 saturated carbocycles. The molecule has 4 rings (SSSR count).